The molecule has 1 heterocycles. The average Bonchev–Trinajstić information content (AvgIpc) is 2.62. The molecule has 0 saturated carbocycles. The van der Waals surface area contributed by atoms with Crippen molar-refractivity contribution in [1.29, 1.82) is 0 Å². The zero-order valence-corrected chi connectivity index (χ0v) is 8.70. The van der Waals surface area contributed by atoms with Crippen molar-refractivity contribution in [2.45, 2.75) is 13.3 Å². The predicted molar refractivity (Wildman–Crippen MR) is 57.3 cm³/mol. The largest absolute Gasteiger partial charge is 0.396 e. The summed E-state index contributed by atoms with van der Waals surface area (Å²) in [5.41, 5.74) is 1.30. The molecule has 74 valence electrons. The monoisotopic (exact) mass is 210 g/mol. The van der Waals surface area contributed by atoms with Crippen LogP contribution >= 0.6 is 11.3 Å². The molecule has 14 heavy (non-hydrogen) atoms. The first-order valence-corrected chi connectivity index (χ1v) is 5.38. The van der Waals surface area contributed by atoms with Crippen LogP contribution < -0.4 is 0 Å². The quantitative estimate of drug-likeness (QED) is 0.808. The number of rotatable bonds is 2. The summed E-state index contributed by atoms with van der Waals surface area (Å²) in [6.45, 7) is 1.78. The van der Waals surface area contributed by atoms with Crippen LogP contribution in [-0.4, -0.2) is 11.7 Å². The van der Waals surface area contributed by atoms with Gasteiger partial charge in [-0.25, -0.2) is 4.39 Å². The Morgan fingerprint density at radius 1 is 1.50 bits per heavy atom. The number of thiophene rings is 1. The summed E-state index contributed by atoms with van der Waals surface area (Å²) in [6, 6.07) is 3.80. The standard InChI is InChI=1S/C11H11FOS/c1-7-10(12)8(2-4-13)6-9-3-5-14-11(7)9/h3,5-6,13H,2,4H2,1H3. The van der Waals surface area contributed by atoms with Crippen molar-refractivity contribution in [1.82, 2.24) is 0 Å². The molecule has 0 bridgehead atoms. The zero-order chi connectivity index (χ0) is 10.1. The van der Waals surface area contributed by atoms with Crippen molar-refractivity contribution in [2.24, 2.45) is 0 Å². The van der Waals surface area contributed by atoms with Gasteiger partial charge in [-0.05, 0) is 41.8 Å². The van der Waals surface area contributed by atoms with Crippen LogP contribution in [-0.2, 0) is 6.42 Å². The van der Waals surface area contributed by atoms with E-state index in [-0.39, 0.29) is 12.4 Å². The molecule has 0 fully saturated rings. The smallest absolute Gasteiger partial charge is 0.130 e. The first-order valence-electron chi connectivity index (χ1n) is 4.50. The molecular weight excluding hydrogens is 199 g/mol. The fraction of sp³-hybridized carbons (Fsp3) is 0.273. The van der Waals surface area contributed by atoms with Gasteiger partial charge in [0.1, 0.15) is 5.82 Å². The van der Waals surface area contributed by atoms with Crippen molar-refractivity contribution in [3.63, 3.8) is 0 Å². The minimum absolute atomic E-state index is 0.00793. The van der Waals surface area contributed by atoms with Crippen LogP contribution in [0, 0.1) is 12.7 Å². The van der Waals surface area contributed by atoms with E-state index in [1.165, 1.54) is 0 Å². The average molecular weight is 210 g/mol. The highest BCUT2D eigenvalue weighted by molar-refractivity contribution is 7.17. The second-order valence-electron chi connectivity index (χ2n) is 3.29. The number of aliphatic hydroxyl groups excluding tert-OH is 1. The lowest BCUT2D eigenvalue weighted by Crippen LogP contribution is -1.97. The van der Waals surface area contributed by atoms with Gasteiger partial charge in [-0.15, -0.1) is 11.3 Å². The summed E-state index contributed by atoms with van der Waals surface area (Å²) >= 11 is 1.55. The molecule has 1 N–H and O–H groups in total. The van der Waals surface area contributed by atoms with Gasteiger partial charge in [0.15, 0.2) is 0 Å². The lowest BCUT2D eigenvalue weighted by Gasteiger charge is -2.05. The van der Waals surface area contributed by atoms with Gasteiger partial charge < -0.3 is 5.11 Å². The Labute approximate surface area is 85.8 Å². The first kappa shape index (κ1) is 9.62. The van der Waals surface area contributed by atoms with Gasteiger partial charge in [0, 0.05) is 16.9 Å². The number of aliphatic hydroxyl groups is 1. The van der Waals surface area contributed by atoms with Gasteiger partial charge >= 0.3 is 0 Å². The van der Waals surface area contributed by atoms with Gasteiger partial charge in [0.2, 0.25) is 0 Å². The third-order valence-corrected chi connectivity index (χ3v) is 3.41. The van der Waals surface area contributed by atoms with Crippen molar-refractivity contribution < 1.29 is 9.50 Å². The molecule has 0 amide bonds. The highest BCUT2D eigenvalue weighted by Crippen LogP contribution is 2.28. The first-order chi connectivity index (χ1) is 6.74. The number of hydrogen-bond acceptors (Lipinski definition) is 2. The minimum atomic E-state index is -0.172. The summed E-state index contributed by atoms with van der Waals surface area (Å²) in [7, 11) is 0. The van der Waals surface area contributed by atoms with E-state index in [4.69, 9.17) is 5.11 Å². The highest BCUT2D eigenvalue weighted by Gasteiger charge is 2.10. The SMILES string of the molecule is Cc1c(F)c(CCO)cc2ccsc12. The van der Waals surface area contributed by atoms with E-state index >= 15 is 0 Å². The van der Waals surface area contributed by atoms with Crippen LogP contribution in [0.15, 0.2) is 17.5 Å². The number of benzene rings is 1. The van der Waals surface area contributed by atoms with Gasteiger partial charge in [-0.3, -0.25) is 0 Å². The maximum atomic E-state index is 13.7. The summed E-state index contributed by atoms with van der Waals surface area (Å²) in [6.07, 6.45) is 0.387. The van der Waals surface area contributed by atoms with Gasteiger partial charge in [0.25, 0.3) is 0 Å². The van der Waals surface area contributed by atoms with E-state index in [2.05, 4.69) is 0 Å². The second-order valence-corrected chi connectivity index (χ2v) is 4.20. The molecule has 0 unspecified atom stereocenters. The van der Waals surface area contributed by atoms with E-state index < -0.39 is 0 Å². The van der Waals surface area contributed by atoms with Gasteiger partial charge in [-0.2, -0.15) is 0 Å². The molecule has 3 heteroatoms. The zero-order valence-electron chi connectivity index (χ0n) is 7.88. The fourth-order valence-electron chi connectivity index (χ4n) is 1.63. The molecule has 2 aromatic rings. The lowest BCUT2D eigenvalue weighted by atomic mass is 10.1. The normalized spacial score (nSPS) is 11.1. The molecular formula is C11H11FOS. The molecule has 1 aromatic carbocycles. The van der Waals surface area contributed by atoms with Gasteiger partial charge in [-0.1, -0.05) is 0 Å². The van der Waals surface area contributed by atoms with Crippen LogP contribution in [0.25, 0.3) is 10.1 Å². The minimum Gasteiger partial charge on any atom is -0.396 e. The molecule has 2 rings (SSSR count). The summed E-state index contributed by atoms with van der Waals surface area (Å²) in [5.74, 6) is -0.172. The van der Waals surface area contributed by atoms with Crippen molar-refractivity contribution in [3.05, 3.63) is 34.5 Å². The summed E-state index contributed by atoms with van der Waals surface area (Å²) in [4.78, 5) is 0. The van der Waals surface area contributed by atoms with Crippen LogP contribution in [0.4, 0.5) is 4.39 Å². The second kappa shape index (κ2) is 3.67. The van der Waals surface area contributed by atoms with Crippen LogP contribution in [0.2, 0.25) is 0 Å². The van der Waals surface area contributed by atoms with Crippen LogP contribution in [0.3, 0.4) is 0 Å². The lowest BCUT2D eigenvalue weighted by molar-refractivity contribution is 0.297. The third-order valence-electron chi connectivity index (χ3n) is 2.36. The third kappa shape index (κ3) is 1.42. The Balaban J connectivity index is 2.67. The molecule has 0 atom stereocenters. The van der Waals surface area contributed by atoms with Crippen molar-refractivity contribution in [3.8, 4) is 0 Å². The Bertz CT molecular complexity index is 462. The topological polar surface area (TPSA) is 20.2 Å². The Morgan fingerprint density at radius 2 is 2.29 bits per heavy atom. The Kier molecular flexibility index (Phi) is 2.52. The van der Waals surface area contributed by atoms with E-state index in [1.54, 1.807) is 18.3 Å². The molecule has 0 saturated heterocycles. The molecule has 1 nitrogen and oxygen atoms in total. The summed E-state index contributed by atoms with van der Waals surface area (Å²) < 4.78 is 14.7. The Morgan fingerprint density at radius 3 is 3.00 bits per heavy atom. The van der Waals surface area contributed by atoms with Crippen LogP contribution in [0.1, 0.15) is 11.1 Å². The molecule has 0 spiro atoms. The molecule has 0 aliphatic carbocycles. The van der Waals surface area contributed by atoms with Crippen molar-refractivity contribution in [2.75, 3.05) is 6.61 Å². The summed E-state index contributed by atoms with van der Waals surface area (Å²) in [5, 5.41) is 11.8. The van der Waals surface area contributed by atoms with Crippen LogP contribution in [0.5, 0.6) is 0 Å². The molecule has 1 aromatic heterocycles. The molecule has 0 radical (unpaired) electrons. The molecule has 0 aliphatic rings. The van der Waals surface area contributed by atoms with E-state index in [0.717, 1.165) is 10.1 Å². The van der Waals surface area contributed by atoms with Gasteiger partial charge in [0.05, 0.1) is 0 Å². The van der Waals surface area contributed by atoms with Crippen molar-refractivity contribution >= 4 is 21.4 Å². The number of fused-ring (bicyclic) bond motifs is 1. The maximum Gasteiger partial charge on any atom is 0.130 e. The van der Waals surface area contributed by atoms with E-state index in [0.29, 0.717) is 17.5 Å². The maximum absolute atomic E-state index is 13.7. The number of aryl methyl sites for hydroxylation is 1. The van der Waals surface area contributed by atoms with E-state index in [9.17, 15) is 4.39 Å². The number of halogens is 1. The van der Waals surface area contributed by atoms with E-state index in [1.807, 2.05) is 17.5 Å². The predicted octanol–water partition coefficient (Wildman–Crippen LogP) is 2.88. The number of hydrogen-bond donors (Lipinski definition) is 1. The fourth-order valence-corrected chi connectivity index (χ4v) is 2.51. The molecule has 0 aliphatic heterocycles. The highest BCUT2D eigenvalue weighted by atomic mass is 32.1. The Hall–Kier alpha value is -0.930.